The molecule has 2 rings (SSSR count). The summed E-state index contributed by atoms with van der Waals surface area (Å²) >= 11 is 0.0892. The Hall–Kier alpha value is -1.95. The smallest absolute Gasteiger partial charge is 0.274 e. The number of pyridine rings is 1. The van der Waals surface area contributed by atoms with Crippen molar-refractivity contribution in [2.75, 3.05) is 11.3 Å². The van der Waals surface area contributed by atoms with Crippen LogP contribution in [0.25, 0.3) is 0 Å². The number of anilines is 1. The van der Waals surface area contributed by atoms with Crippen LogP contribution in [0.4, 0.5) is 14.5 Å². The highest BCUT2D eigenvalue weighted by Gasteiger charge is 2.09. The van der Waals surface area contributed by atoms with E-state index >= 15 is 0 Å². The predicted octanol–water partition coefficient (Wildman–Crippen LogP) is 3.49. The number of hydrogen-bond acceptors (Lipinski definition) is 3. The monoisotopic (exact) mass is 281 g/mol. The van der Waals surface area contributed by atoms with Gasteiger partial charge in [0.2, 0.25) is 0 Å². The van der Waals surface area contributed by atoms with Crippen molar-refractivity contribution in [3.8, 4) is 0 Å². The largest absolute Gasteiger partial charge is 0.321 e. The molecule has 0 atom stereocenters. The van der Waals surface area contributed by atoms with E-state index in [-0.39, 0.29) is 28.0 Å². The van der Waals surface area contributed by atoms with Crippen LogP contribution in [0, 0.1) is 5.82 Å². The number of carbonyl (C=O) groups excluding carboxylic acids is 1. The molecule has 0 saturated heterocycles. The molecule has 98 valence electrons. The molecule has 1 heterocycles. The average Bonchev–Trinajstić information content (AvgIpc) is 2.42. The third-order valence-electron chi connectivity index (χ3n) is 2.24. The number of amides is 1. The van der Waals surface area contributed by atoms with E-state index in [1.54, 1.807) is 12.1 Å². The number of carbonyl (C=O) groups is 1. The highest BCUT2D eigenvalue weighted by atomic mass is 32.2. The molecule has 6 heteroatoms. The molecule has 3 nitrogen and oxygen atoms in total. The van der Waals surface area contributed by atoms with Gasteiger partial charge in [0.05, 0.1) is 2.74 Å². The van der Waals surface area contributed by atoms with Gasteiger partial charge >= 0.3 is 0 Å². The first-order chi connectivity index (χ1) is 9.85. The molecule has 19 heavy (non-hydrogen) atoms. The fourth-order valence-corrected chi connectivity index (χ4v) is 1.83. The average molecular weight is 281 g/mol. The summed E-state index contributed by atoms with van der Waals surface area (Å²) in [4.78, 5) is 15.5. The lowest BCUT2D eigenvalue weighted by Gasteiger charge is -2.07. The number of nitrogens with zero attached hydrogens (tertiary/aromatic N) is 1. The van der Waals surface area contributed by atoms with Crippen LogP contribution in [0.2, 0.25) is 0 Å². The zero-order chi connectivity index (χ0) is 15.5. The van der Waals surface area contributed by atoms with Gasteiger partial charge < -0.3 is 5.32 Å². The molecular weight excluding hydrogens is 269 g/mol. The Morgan fingerprint density at radius 3 is 2.95 bits per heavy atom. The highest BCUT2D eigenvalue weighted by Crippen LogP contribution is 2.25. The number of benzene rings is 1. The third kappa shape index (κ3) is 3.51. The summed E-state index contributed by atoms with van der Waals surface area (Å²) in [6.07, 6.45) is 1.46. The standard InChI is InChI=1S/C13H10F2N2OS/c14-8-19-12-7-9(4-5-10(12)15)17-13(18)11-3-1-2-6-16-11/h1-7H,8H2,(H,17,18)/i8D2,14-1. The van der Waals surface area contributed by atoms with E-state index in [9.17, 15) is 13.6 Å². The van der Waals surface area contributed by atoms with Gasteiger partial charge in [-0.1, -0.05) is 17.8 Å². The van der Waals surface area contributed by atoms with Gasteiger partial charge in [-0.25, -0.2) is 8.78 Å². The van der Waals surface area contributed by atoms with Crippen molar-refractivity contribution in [3.63, 3.8) is 0 Å². The quantitative estimate of drug-likeness (QED) is 0.872. The summed E-state index contributed by atoms with van der Waals surface area (Å²) in [5, 5.41) is 2.49. The maximum Gasteiger partial charge on any atom is 0.274 e. The maximum absolute atomic E-state index is 13.5. The number of nitrogens with one attached hydrogen (secondary N) is 1. The fourth-order valence-electron chi connectivity index (χ4n) is 1.39. The molecule has 0 bridgehead atoms. The molecule has 0 aliphatic heterocycles. The van der Waals surface area contributed by atoms with E-state index in [1.165, 1.54) is 18.3 Å². The van der Waals surface area contributed by atoms with Crippen LogP contribution in [0.5, 0.6) is 0 Å². The lowest BCUT2D eigenvalue weighted by molar-refractivity contribution is 0.102. The molecule has 1 N–H and O–H groups in total. The highest BCUT2D eigenvalue weighted by molar-refractivity contribution is 7.99. The van der Waals surface area contributed by atoms with E-state index in [1.807, 2.05) is 0 Å². The minimum absolute atomic E-state index is 0.0892. The second kappa shape index (κ2) is 6.29. The second-order valence-corrected chi connectivity index (χ2v) is 4.29. The molecule has 0 radical (unpaired) electrons. The minimum Gasteiger partial charge on any atom is -0.321 e. The molecule has 0 unspecified atom stereocenters. The van der Waals surface area contributed by atoms with E-state index in [0.29, 0.717) is 0 Å². The van der Waals surface area contributed by atoms with Crippen molar-refractivity contribution >= 4 is 23.4 Å². The molecule has 0 aliphatic rings. The summed E-state index contributed by atoms with van der Waals surface area (Å²) < 4.78 is 40.1. The number of alkyl halides is 1. The van der Waals surface area contributed by atoms with E-state index in [4.69, 9.17) is 2.74 Å². The van der Waals surface area contributed by atoms with Crippen LogP contribution >= 0.6 is 11.8 Å². The number of aromatic nitrogens is 1. The Kier molecular flexibility index (Phi) is 3.61. The molecular formula is C13H10F2N2OS. The topological polar surface area (TPSA) is 42.0 Å². The van der Waals surface area contributed by atoms with E-state index < -0.39 is 17.7 Å². The van der Waals surface area contributed by atoms with Crippen molar-refractivity contribution in [2.24, 2.45) is 0 Å². The van der Waals surface area contributed by atoms with Crippen molar-refractivity contribution in [2.45, 2.75) is 4.90 Å². The molecule has 1 aromatic heterocycles. The second-order valence-electron chi connectivity index (χ2n) is 3.49. The number of rotatable bonds is 4. The Bertz CT molecular complexity index is 650. The Morgan fingerprint density at radius 1 is 1.42 bits per heavy atom. The predicted molar refractivity (Wildman–Crippen MR) is 70.4 cm³/mol. The molecule has 0 aliphatic carbocycles. The lowest BCUT2D eigenvalue weighted by atomic mass is 10.3. The lowest BCUT2D eigenvalue weighted by Crippen LogP contribution is -2.13. The van der Waals surface area contributed by atoms with E-state index in [0.717, 1.165) is 12.1 Å². The van der Waals surface area contributed by atoms with Gasteiger partial charge in [-0.2, -0.15) is 0 Å². The Labute approximate surface area is 115 Å². The Morgan fingerprint density at radius 2 is 2.26 bits per heavy atom. The molecule has 1 amide bonds. The van der Waals surface area contributed by atoms with Gasteiger partial charge in [0.25, 0.3) is 5.91 Å². The van der Waals surface area contributed by atoms with Crippen LogP contribution in [-0.2, 0) is 0 Å². The van der Waals surface area contributed by atoms with Gasteiger partial charge in [0, 0.05) is 16.8 Å². The summed E-state index contributed by atoms with van der Waals surface area (Å²) in [6, 6.07) is 8.31. The minimum atomic E-state index is -3.11. The molecule has 0 saturated carbocycles. The van der Waals surface area contributed by atoms with Crippen molar-refractivity contribution in [3.05, 3.63) is 54.1 Å². The zero-order valence-corrected chi connectivity index (χ0v) is 10.4. The summed E-state index contributed by atoms with van der Waals surface area (Å²) in [6.45, 7) is 0. The normalized spacial score (nSPS) is 12.5. The third-order valence-corrected chi connectivity index (χ3v) is 2.85. The SMILES string of the molecule is [2H]C([2H])([18F])Sc1cc(NC(=O)c2ccccn2)ccc1F. The molecule has 1 aromatic carbocycles. The molecule has 0 spiro atoms. The first-order valence-corrected chi connectivity index (χ1v) is 6.07. The molecule has 0 fully saturated rings. The van der Waals surface area contributed by atoms with Crippen LogP contribution < -0.4 is 5.32 Å². The van der Waals surface area contributed by atoms with E-state index in [2.05, 4.69) is 10.3 Å². The number of thioether (sulfide) groups is 1. The number of halogens is 2. The summed E-state index contributed by atoms with van der Waals surface area (Å²) in [5.74, 6) is -4.37. The first-order valence-electron chi connectivity index (χ1n) is 6.25. The van der Waals surface area contributed by atoms with Gasteiger partial charge in [-0.15, -0.1) is 0 Å². The maximum atomic E-state index is 13.5. The van der Waals surface area contributed by atoms with Crippen LogP contribution in [0.1, 0.15) is 13.2 Å². The zero-order valence-electron chi connectivity index (χ0n) is 11.6. The van der Waals surface area contributed by atoms with Crippen LogP contribution in [0.3, 0.4) is 0 Å². The van der Waals surface area contributed by atoms with Crippen molar-refractivity contribution < 1.29 is 16.3 Å². The fraction of sp³-hybridized carbons (Fsp3) is 0.0769. The van der Waals surface area contributed by atoms with Crippen LogP contribution in [-0.4, -0.2) is 16.8 Å². The van der Waals surface area contributed by atoms with Gasteiger partial charge in [-0.3, -0.25) is 9.78 Å². The van der Waals surface area contributed by atoms with Crippen molar-refractivity contribution in [1.82, 2.24) is 4.98 Å². The summed E-state index contributed by atoms with van der Waals surface area (Å²) in [5.41, 5.74) is 0.399. The van der Waals surface area contributed by atoms with Crippen molar-refractivity contribution in [1.29, 1.82) is 0 Å². The molecule has 2 aromatic rings. The number of hydrogen-bond donors (Lipinski definition) is 1. The Balaban J connectivity index is 2.18. The van der Waals surface area contributed by atoms with Gasteiger partial charge in [-0.05, 0) is 30.3 Å². The van der Waals surface area contributed by atoms with Crippen LogP contribution in [0.15, 0.2) is 47.5 Å². The summed E-state index contributed by atoms with van der Waals surface area (Å²) in [7, 11) is 0. The first kappa shape index (κ1) is 10.9. The van der Waals surface area contributed by atoms with Gasteiger partial charge in [0.15, 0.2) is 0 Å². The van der Waals surface area contributed by atoms with Gasteiger partial charge in [0.1, 0.15) is 17.5 Å².